The van der Waals surface area contributed by atoms with Crippen molar-refractivity contribution in [3.8, 4) is 22.3 Å². The van der Waals surface area contributed by atoms with Crippen LogP contribution in [0.1, 0.15) is 17.8 Å². The van der Waals surface area contributed by atoms with Crippen LogP contribution in [-0.2, 0) is 11.2 Å². The van der Waals surface area contributed by atoms with Crippen molar-refractivity contribution in [2.75, 3.05) is 0 Å². The molecule has 0 saturated carbocycles. The van der Waals surface area contributed by atoms with Gasteiger partial charge in [0.2, 0.25) is 5.91 Å². The van der Waals surface area contributed by atoms with Crippen molar-refractivity contribution in [2.45, 2.75) is 19.8 Å². The van der Waals surface area contributed by atoms with Crippen LogP contribution in [0.5, 0.6) is 0 Å². The van der Waals surface area contributed by atoms with E-state index in [9.17, 15) is 4.79 Å². The summed E-state index contributed by atoms with van der Waals surface area (Å²) in [5, 5.41) is 0. The number of aromatic amines is 1. The van der Waals surface area contributed by atoms with E-state index < -0.39 is 0 Å². The summed E-state index contributed by atoms with van der Waals surface area (Å²) in [4.78, 5) is 19.3. The van der Waals surface area contributed by atoms with Crippen LogP contribution in [0.3, 0.4) is 0 Å². The van der Waals surface area contributed by atoms with Crippen LogP contribution >= 0.6 is 0 Å². The smallest absolute Gasteiger partial charge is 0.217 e. The maximum atomic E-state index is 11.4. The zero-order valence-electron chi connectivity index (χ0n) is 15.2. The number of fused-ring (bicyclic) bond motifs is 1. The monoisotopic (exact) mass is 355 g/mol. The predicted octanol–water partition coefficient (Wildman–Crippen LogP) is 4.62. The quantitative estimate of drug-likeness (QED) is 0.548. The van der Waals surface area contributed by atoms with Crippen LogP contribution in [0.4, 0.5) is 0 Å². The Morgan fingerprint density at radius 2 is 1.78 bits per heavy atom. The molecule has 134 valence electrons. The lowest BCUT2D eigenvalue weighted by molar-refractivity contribution is -0.117. The summed E-state index contributed by atoms with van der Waals surface area (Å²) < 4.78 is 0. The minimum atomic E-state index is -0.292. The highest BCUT2D eigenvalue weighted by Crippen LogP contribution is 2.33. The highest BCUT2D eigenvalue weighted by atomic mass is 16.1. The second kappa shape index (κ2) is 7.08. The van der Waals surface area contributed by atoms with Gasteiger partial charge < -0.3 is 10.7 Å². The molecule has 1 heterocycles. The molecule has 0 radical (unpaired) electrons. The predicted molar refractivity (Wildman–Crippen MR) is 109 cm³/mol. The Kier molecular flexibility index (Phi) is 4.47. The minimum Gasteiger partial charge on any atom is -0.370 e. The first-order valence-corrected chi connectivity index (χ1v) is 9.04. The van der Waals surface area contributed by atoms with E-state index in [2.05, 4.69) is 46.4 Å². The maximum Gasteiger partial charge on any atom is 0.217 e. The number of rotatable bonds is 5. The number of nitrogens with one attached hydrogen (secondary N) is 1. The molecule has 4 aromatic rings. The molecule has 0 atom stereocenters. The molecule has 0 fully saturated rings. The van der Waals surface area contributed by atoms with E-state index in [1.165, 1.54) is 0 Å². The van der Waals surface area contributed by atoms with Crippen molar-refractivity contribution in [1.82, 2.24) is 9.97 Å². The molecule has 0 saturated heterocycles. The molecule has 3 N–H and O–H groups in total. The van der Waals surface area contributed by atoms with Gasteiger partial charge in [-0.3, -0.25) is 4.79 Å². The fraction of sp³-hybridized carbons (Fsp3) is 0.130. The van der Waals surface area contributed by atoms with Gasteiger partial charge in [-0.05, 0) is 41.7 Å². The van der Waals surface area contributed by atoms with E-state index in [0.29, 0.717) is 12.8 Å². The van der Waals surface area contributed by atoms with Gasteiger partial charge in [-0.2, -0.15) is 0 Å². The van der Waals surface area contributed by atoms with Crippen molar-refractivity contribution in [3.63, 3.8) is 0 Å². The number of nitrogens with zero attached hydrogens (tertiary/aromatic N) is 1. The third-order valence-electron chi connectivity index (χ3n) is 4.77. The highest BCUT2D eigenvalue weighted by Gasteiger charge is 2.13. The van der Waals surface area contributed by atoms with Crippen LogP contribution in [0.15, 0.2) is 66.7 Å². The molecule has 0 unspecified atom stereocenters. The van der Waals surface area contributed by atoms with Crippen molar-refractivity contribution in [1.29, 1.82) is 0 Å². The summed E-state index contributed by atoms with van der Waals surface area (Å²) in [5.41, 5.74) is 12.9. The van der Waals surface area contributed by atoms with E-state index in [4.69, 9.17) is 5.73 Å². The van der Waals surface area contributed by atoms with E-state index in [1.54, 1.807) is 0 Å². The van der Waals surface area contributed by atoms with Gasteiger partial charge in [0.25, 0.3) is 0 Å². The number of aryl methyl sites for hydroxylation is 2. The number of aromatic nitrogens is 2. The van der Waals surface area contributed by atoms with Crippen molar-refractivity contribution in [3.05, 3.63) is 78.1 Å². The molecule has 4 rings (SSSR count). The van der Waals surface area contributed by atoms with Gasteiger partial charge in [0.1, 0.15) is 5.82 Å². The van der Waals surface area contributed by atoms with Crippen molar-refractivity contribution < 1.29 is 4.79 Å². The highest BCUT2D eigenvalue weighted by molar-refractivity contribution is 5.93. The van der Waals surface area contributed by atoms with Crippen LogP contribution < -0.4 is 5.73 Å². The summed E-state index contributed by atoms with van der Waals surface area (Å²) in [5.74, 6) is 0.594. The van der Waals surface area contributed by atoms with Gasteiger partial charge in [-0.25, -0.2) is 4.98 Å². The van der Waals surface area contributed by atoms with E-state index in [-0.39, 0.29) is 5.91 Å². The average Bonchev–Trinajstić information content (AvgIpc) is 3.07. The molecule has 4 heteroatoms. The zero-order chi connectivity index (χ0) is 18.8. The van der Waals surface area contributed by atoms with Gasteiger partial charge >= 0.3 is 0 Å². The number of primary amides is 1. The molecule has 27 heavy (non-hydrogen) atoms. The number of carbonyl (C=O) groups excluding carboxylic acids is 1. The SMILES string of the molecule is Cc1nc2c(-c3ccc(-c4ccccc4)cc3CCC(N)=O)cccc2[nH]1. The summed E-state index contributed by atoms with van der Waals surface area (Å²) in [6.07, 6.45) is 0.923. The number of H-pyrrole nitrogens is 1. The third kappa shape index (κ3) is 3.47. The molecule has 0 aliphatic rings. The van der Waals surface area contributed by atoms with E-state index >= 15 is 0 Å². The van der Waals surface area contributed by atoms with E-state index in [1.807, 2.05) is 37.3 Å². The molecule has 0 aliphatic carbocycles. The Bertz CT molecular complexity index is 1110. The van der Waals surface area contributed by atoms with Crippen LogP contribution in [0.25, 0.3) is 33.3 Å². The molecule has 0 bridgehead atoms. The van der Waals surface area contributed by atoms with Gasteiger partial charge in [0.05, 0.1) is 11.0 Å². The van der Waals surface area contributed by atoms with Gasteiger partial charge in [-0.1, -0.05) is 60.7 Å². The van der Waals surface area contributed by atoms with Gasteiger partial charge in [0, 0.05) is 12.0 Å². The number of para-hydroxylation sites is 1. The summed E-state index contributed by atoms with van der Waals surface area (Å²) in [6, 6.07) is 22.8. The Labute approximate surface area is 158 Å². The lowest BCUT2D eigenvalue weighted by Gasteiger charge is -2.13. The number of hydrogen-bond acceptors (Lipinski definition) is 2. The lowest BCUT2D eigenvalue weighted by Crippen LogP contribution is -2.11. The lowest BCUT2D eigenvalue weighted by atomic mass is 9.92. The summed E-state index contributed by atoms with van der Waals surface area (Å²) in [6.45, 7) is 1.95. The van der Waals surface area contributed by atoms with E-state index in [0.717, 1.165) is 44.7 Å². The largest absolute Gasteiger partial charge is 0.370 e. The zero-order valence-corrected chi connectivity index (χ0v) is 15.2. The summed E-state index contributed by atoms with van der Waals surface area (Å²) >= 11 is 0. The molecular weight excluding hydrogens is 334 g/mol. The standard InChI is InChI=1S/C23H21N3O/c1-15-25-21-9-5-8-20(23(21)26-15)19-12-10-17(16-6-3-2-4-7-16)14-18(19)11-13-22(24)27/h2-10,12,14H,11,13H2,1H3,(H2,24,27)(H,25,26). The van der Waals surface area contributed by atoms with Crippen molar-refractivity contribution >= 4 is 16.9 Å². The molecule has 0 spiro atoms. The number of imidazole rings is 1. The number of nitrogens with two attached hydrogens (primary N) is 1. The molecule has 0 aliphatic heterocycles. The first-order chi connectivity index (χ1) is 13.1. The topological polar surface area (TPSA) is 71.8 Å². The number of benzene rings is 3. The average molecular weight is 355 g/mol. The Morgan fingerprint density at radius 1 is 0.963 bits per heavy atom. The fourth-order valence-electron chi connectivity index (χ4n) is 3.50. The van der Waals surface area contributed by atoms with Crippen molar-refractivity contribution in [2.24, 2.45) is 5.73 Å². The number of hydrogen-bond donors (Lipinski definition) is 2. The summed E-state index contributed by atoms with van der Waals surface area (Å²) in [7, 11) is 0. The maximum absolute atomic E-state index is 11.4. The first kappa shape index (κ1) is 17.0. The third-order valence-corrected chi connectivity index (χ3v) is 4.77. The second-order valence-corrected chi connectivity index (χ2v) is 6.73. The Hall–Kier alpha value is -3.40. The van der Waals surface area contributed by atoms with Crippen LogP contribution in [-0.4, -0.2) is 15.9 Å². The Balaban J connectivity index is 1.87. The normalized spacial score (nSPS) is 11.0. The fourth-order valence-corrected chi connectivity index (χ4v) is 3.50. The number of carbonyl (C=O) groups is 1. The Morgan fingerprint density at radius 3 is 2.56 bits per heavy atom. The molecule has 4 nitrogen and oxygen atoms in total. The van der Waals surface area contributed by atoms with Gasteiger partial charge in [0.15, 0.2) is 0 Å². The number of amides is 1. The van der Waals surface area contributed by atoms with Gasteiger partial charge in [-0.15, -0.1) is 0 Å². The minimum absolute atomic E-state index is 0.292. The van der Waals surface area contributed by atoms with Crippen LogP contribution in [0, 0.1) is 6.92 Å². The molecular formula is C23H21N3O. The second-order valence-electron chi connectivity index (χ2n) is 6.73. The molecule has 1 amide bonds. The van der Waals surface area contributed by atoms with Crippen LogP contribution in [0.2, 0.25) is 0 Å². The molecule has 1 aromatic heterocycles. The molecule has 3 aromatic carbocycles. The first-order valence-electron chi connectivity index (χ1n) is 9.04.